The molecule has 166 valence electrons. The predicted octanol–water partition coefficient (Wildman–Crippen LogP) is 3.52. The monoisotopic (exact) mass is 427 g/mol. The first kappa shape index (κ1) is 22.4. The number of alkyl halides is 3. The number of nitrogens with one attached hydrogen (secondary N) is 1. The molecular formula is C21H28F3N3O3. The minimum atomic E-state index is -4.48. The van der Waals surface area contributed by atoms with Gasteiger partial charge in [0.05, 0.1) is 36.0 Å². The Bertz CT molecular complexity index is 764. The first-order chi connectivity index (χ1) is 14.3. The molecule has 3 rings (SSSR count). The fourth-order valence-corrected chi connectivity index (χ4v) is 4.09. The number of piperidine rings is 1. The molecular weight excluding hydrogens is 399 g/mol. The van der Waals surface area contributed by atoms with Gasteiger partial charge in [-0.3, -0.25) is 14.5 Å². The molecule has 30 heavy (non-hydrogen) atoms. The number of carbonyl (C=O) groups is 2. The lowest BCUT2D eigenvalue weighted by molar-refractivity contribution is -0.150. The molecule has 0 spiro atoms. The van der Waals surface area contributed by atoms with E-state index in [1.54, 1.807) is 6.92 Å². The van der Waals surface area contributed by atoms with Crippen molar-refractivity contribution in [2.45, 2.75) is 38.8 Å². The summed E-state index contributed by atoms with van der Waals surface area (Å²) >= 11 is 0. The number of amides is 1. The summed E-state index contributed by atoms with van der Waals surface area (Å²) in [6.45, 7) is 4.65. The number of likely N-dealkylation sites (tertiary alicyclic amines) is 1. The molecule has 0 bridgehead atoms. The number of ether oxygens (including phenoxy) is 1. The van der Waals surface area contributed by atoms with E-state index in [0.717, 1.165) is 44.5 Å². The van der Waals surface area contributed by atoms with Gasteiger partial charge in [-0.2, -0.15) is 13.2 Å². The molecule has 1 atom stereocenters. The number of rotatable bonds is 6. The van der Waals surface area contributed by atoms with Crippen LogP contribution >= 0.6 is 0 Å². The van der Waals surface area contributed by atoms with Crippen molar-refractivity contribution < 1.29 is 27.5 Å². The highest BCUT2D eigenvalue weighted by Gasteiger charge is 2.32. The van der Waals surface area contributed by atoms with Crippen molar-refractivity contribution in [3.05, 3.63) is 23.8 Å². The van der Waals surface area contributed by atoms with Crippen LogP contribution in [0.5, 0.6) is 0 Å². The summed E-state index contributed by atoms with van der Waals surface area (Å²) in [4.78, 5) is 28.5. The minimum absolute atomic E-state index is 0.0194. The number of esters is 1. The third kappa shape index (κ3) is 5.65. The molecule has 2 aliphatic rings. The zero-order chi connectivity index (χ0) is 21.7. The number of hydrogen-bond acceptors (Lipinski definition) is 5. The Morgan fingerprint density at radius 2 is 1.90 bits per heavy atom. The summed E-state index contributed by atoms with van der Waals surface area (Å²) in [6.07, 6.45) is -1.07. The van der Waals surface area contributed by atoms with Crippen LogP contribution < -0.4 is 10.2 Å². The van der Waals surface area contributed by atoms with Gasteiger partial charge in [0.2, 0.25) is 5.91 Å². The lowest BCUT2D eigenvalue weighted by Gasteiger charge is -2.31. The normalized spacial score (nSPS) is 20.3. The molecule has 0 aliphatic carbocycles. The highest BCUT2D eigenvalue weighted by Crippen LogP contribution is 2.36. The van der Waals surface area contributed by atoms with Crippen molar-refractivity contribution in [3.63, 3.8) is 0 Å². The lowest BCUT2D eigenvalue weighted by Crippen LogP contribution is -2.43. The molecule has 1 amide bonds. The summed E-state index contributed by atoms with van der Waals surface area (Å²) in [7, 11) is 0. The molecule has 9 heteroatoms. The molecule has 2 fully saturated rings. The van der Waals surface area contributed by atoms with E-state index in [2.05, 4.69) is 5.32 Å². The van der Waals surface area contributed by atoms with Gasteiger partial charge in [0, 0.05) is 19.6 Å². The van der Waals surface area contributed by atoms with Crippen molar-refractivity contribution in [3.8, 4) is 0 Å². The lowest BCUT2D eigenvalue weighted by atomic mass is 9.98. The van der Waals surface area contributed by atoms with E-state index in [-0.39, 0.29) is 30.0 Å². The molecule has 1 N–H and O–H groups in total. The summed E-state index contributed by atoms with van der Waals surface area (Å²) < 4.78 is 44.6. The maximum atomic E-state index is 13.2. The second-order valence-corrected chi connectivity index (χ2v) is 7.80. The fourth-order valence-electron chi connectivity index (χ4n) is 4.09. The first-order valence-corrected chi connectivity index (χ1v) is 10.4. The van der Waals surface area contributed by atoms with E-state index >= 15 is 0 Å². The van der Waals surface area contributed by atoms with Gasteiger partial charge in [-0.25, -0.2) is 0 Å². The highest BCUT2D eigenvalue weighted by atomic mass is 19.4. The smallest absolute Gasteiger partial charge is 0.416 e. The molecule has 0 radical (unpaired) electrons. The average Bonchev–Trinajstić information content (AvgIpc) is 3.22. The van der Waals surface area contributed by atoms with Gasteiger partial charge >= 0.3 is 12.1 Å². The van der Waals surface area contributed by atoms with Crippen LogP contribution in [0, 0.1) is 5.92 Å². The maximum Gasteiger partial charge on any atom is 0.416 e. The van der Waals surface area contributed by atoms with Gasteiger partial charge in [0.15, 0.2) is 0 Å². The van der Waals surface area contributed by atoms with E-state index in [1.807, 2.05) is 9.80 Å². The number of nitrogens with zero attached hydrogens (tertiary/aromatic N) is 2. The third-order valence-corrected chi connectivity index (χ3v) is 5.54. The third-order valence-electron chi connectivity index (χ3n) is 5.54. The van der Waals surface area contributed by atoms with E-state index < -0.39 is 11.7 Å². The van der Waals surface area contributed by atoms with Crippen molar-refractivity contribution in [1.82, 2.24) is 4.90 Å². The Hall–Kier alpha value is -2.29. The standard InChI is InChI=1S/C21H28F3N3O3/c1-2-30-20(29)15-6-5-9-26(13-15)14-19(28)25-17-12-16(21(22,23)24)7-8-18(17)27-10-3-4-11-27/h7-8,12,15H,2-6,9-11,13-14H2,1H3,(H,25,28)/t15-/m1/s1. The quantitative estimate of drug-likeness (QED) is 0.704. The largest absolute Gasteiger partial charge is 0.466 e. The highest BCUT2D eigenvalue weighted by molar-refractivity contribution is 5.96. The van der Waals surface area contributed by atoms with Gasteiger partial charge in [-0.1, -0.05) is 0 Å². The zero-order valence-electron chi connectivity index (χ0n) is 17.1. The van der Waals surface area contributed by atoms with Crippen molar-refractivity contribution >= 4 is 23.3 Å². The number of halogens is 3. The van der Waals surface area contributed by atoms with Gasteiger partial charge in [0.25, 0.3) is 0 Å². The van der Waals surface area contributed by atoms with E-state index in [4.69, 9.17) is 4.74 Å². The summed E-state index contributed by atoms with van der Waals surface area (Å²) in [5.74, 6) is -0.934. The number of carbonyl (C=O) groups excluding carboxylic acids is 2. The van der Waals surface area contributed by atoms with Gasteiger partial charge in [-0.15, -0.1) is 0 Å². The predicted molar refractivity (Wildman–Crippen MR) is 107 cm³/mol. The van der Waals surface area contributed by atoms with Crippen molar-refractivity contribution in [1.29, 1.82) is 0 Å². The number of benzene rings is 1. The van der Waals surface area contributed by atoms with Crippen LogP contribution in [0.4, 0.5) is 24.5 Å². The van der Waals surface area contributed by atoms with Crippen LogP contribution in [0.25, 0.3) is 0 Å². The van der Waals surface area contributed by atoms with Gasteiger partial charge in [0.1, 0.15) is 0 Å². The molecule has 1 aromatic rings. The second-order valence-electron chi connectivity index (χ2n) is 7.80. The van der Waals surface area contributed by atoms with Crippen LogP contribution in [-0.4, -0.2) is 56.1 Å². The van der Waals surface area contributed by atoms with Gasteiger partial charge in [-0.05, 0) is 57.4 Å². The molecule has 0 unspecified atom stereocenters. The summed E-state index contributed by atoms with van der Waals surface area (Å²) in [6, 6.07) is 3.49. The van der Waals surface area contributed by atoms with Crippen molar-refractivity contribution in [2.24, 2.45) is 5.92 Å². The summed E-state index contributed by atoms with van der Waals surface area (Å²) in [5.41, 5.74) is -0.00586. The second kappa shape index (κ2) is 9.68. The number of hydrogen-bond donors (Lipinski definition) is 1. The number of anilines is 2. The molecule has 2 aliphatic heterocycles. The van der Waals surface area contributed by atoms with Crippen LogP contribution in [0.2, 0.25) is 0 Å². The maximum absolute atomic E-state index is 13.2. The molecule has 1 aromatic carbocycles. The zero-order valence-corrected chi connectivity index (χ0v) is 17.1. The average molecular weight is 427 g/mol. The van der Waals surface area contributed by atoms with Crippen LogP contribution in [-0.2, 0) is 20.5 Å². The SMILES string of the molecule is CCOC(=O)[C@@H]1CCCN(CC(=O)Nc2cc(C(F)(F)F)ccc2N2CCCC2)C1. The van der Waals surface area contributed by atoms with E-state index in [0.29, 0.717) is 31.8 Å². The fraction of sp³-hybridized carbons (Fsp3) is 0.619. The van der Waals surface area contributed by atoms with Gasteiger partial charge < -0.3 is 15.0 Å². The Morgan fingerprint density at radius 1 is 1.17 bits per heavy atom. The molecule has 0 saturated carbocycles. The molecule has 2 saturated heterocycles. The Balaban J connectivity index is 1.69. The Morgan fingerprint density at radius 3 is 2.57 bits per heavy atom. The first-order valence-electron chi connectivity index (χ1n) is 10.4. The molecule has 2 heterocycles. The topological polar surface area (TPSA) is 61.9 Å². The van der Waals surface area contributed by atoms with E-state index in [9.17, 15) is 22.8 Å². The Labute approximate surface area is 174 Å². The van der Waals surface area contributed by atoms with Crippen LogP contribution in [0.15, 0.2) is 18.2 Å². The summed E-state index contributed by atoms with van der Waals surface area (Å²) in [5, 5.41) is 2.68. The van der Waals surface area contributed by atoms with Crippen LogP contribution in [0.1, 0.15) is 38.2 Å². The van der Waals surface area contributed by atoms with Crippen LogP contribution in [0.3, 0.4) is 0 Å². The van der Waals surface area contributed by atoms with Crippen molar-refractivity contribution in [2.75, 3.05) is 49.5 Å². The molecule has 6 nitrogen and oxygen atoms in total. The van der Waals surface area contributed by atoms with E-state index in [1.165, 1.54) is 6.07 Å². The Kier molecular flexibility index (Phi) is 7.23. The minimum Gasteiger partial charge on any atom is -0.466 e. The molecule has 0 aromatic heterocycles.